The summed E-state index contributed by atoms with van der Waals surface area (Å²) in [5, 5.41) is 4.49. The highest BCUT2D eigenvalue weighted by Crippen LogP contribution is 2.37. The standard InChI is InChI=1S/C31H33F3N2O5SSi/c1-5-24(37)30-22-11-10-21(29(34)31(22)36(35-30)18-40-15-16-43(2,3)4)27-23(32)12-9-19(28(27)33)17-42(38,39)26-8-6-7-25-20(26)13-14-41-25/h6-12H,5,13-18H2,1-4H3. The molecule has 12 heteroatoms. The number of aromatic nitrogens is 2. The minimum atomic E-state index is -4.06. The highest BCUT2D eigenvalue weighted by atomic mass is 32.2. The molecule has 43 heavy (non-hydrogen) atoms. The van der Waals surface area contributed by atoms with Crippen LogP contribution < -0.4 is 4.74 Å². The van der Waals surface area contributed by atoms with Crippen LogP contribution in [0, 0.1) is 17.5 Å². The van der Waals surface area contributed by atoms with Gasteiger partial charge in [-0.05, 0) is 30.3 Å². The second kappa shape index (κ2) is 11.9. The number of carbonyl (C=O) groups excluding carboxylic acids is 1. The Balaban J connectivity index is 1.56. The smallest absolute Gasteiger partial charge is 0.183 e. The van der Waals surface area contributed by atoms with Gasteiger partial charge in [-0.3, -0.25) is 4.79 Å². The number of hydrogen-bond donors (Lipinski definition) is 0. The van der Waals surface area contributed by atoms with E-state index >= 15 is 13.2 Å². The van der Waals surface area contributed by atoms with Crippen molar-refractivity contribution in [1.82, 2.24) is 9.78 Å². The minimum Gasteiger partial charge on any atom is -0.493 e. The van der Waals surface area contributed by atoms with Crippen molar-refractivity contribution in [2.45, 2.75) is 62.8 Å². The summed E-state index contributed by atoms with van der Waals surface area (Å²) in [7, 11) is -5.47. The van der Waals surface area contributed by atoms with Gasteiger partial charge < -0.3 is 9.47 Å². The van der Waals surface area contributed by atoms with Gasteiger partial charge in [0.15, 0.2) is 21.4 Å². The van der Waals surface area contributed by atoms with Crippen LogP contribution in [0.5, 0.6) is 5.75 Å². The largest absolute Gasteiger partial charge is 0.493 e. The van der Waals surface area contributed by atoms with Crippen LogP contribution >= 0.6 is 0 Å². The van der Waals surface area contributed by atoms with Gasteiger partial charge in [-0.1, -0.05) is 44.8 Å². The summed E-state index contributed by atoms with van der Waals surface area (Å²) in [6.45, 7) is 8.80. The topological polar surface area (TPSA) is 87.5 Å². The number of halogens is 3. The highest BCUT2D eigenvalue weighted by Gasteiger charge is 2.29. The van der Waals surface area contributed by atoms with Crippen LogP contribution in [0.4, 0.5) is 13.2 Å². The average Bonchev–Trinajstić information content (AvgIpc) is 3.58. The summed E-state index contributed by atoms with van der Waals surface area (Å²) in [6, 6.07) is 10.1. The van der Waals surface area contributed by atoms with E-state index < -0.39 is 52.2 Å². The Labute approximate surface area is 249 Å². The van der Waals surface area contributed by atoms with Crippen molar-refractivity contribution >= 4 is 34.6 Å². The Morgan fingerprint density at radius 3 is 2.56 bits per heavy atom. The molecule has 0 saturated heterocycles. The van der Waals surface area contributed by atoms with Gasteiger partial charge in [0.05, 0.1) is 22.8 Å². The first-order valence-electron chi connectivity index (χ1n) is 14.1. The quantitative estimate of drug-likeness (QED) is 0.101. The Bertz CT molecular complexity index is 1830. The zero-order chi connectivity index (χ0) is 31.1. The third-order valence-corrected chi connectivity index (χ3v) is 10.9. The number of Topliss-reactive ketones (excluding diaryl/α,β-unsaturated/α-hetero) is 1. The number of carbonyl (C=O) groups is 1. The van der Waals surface area contributed by atoms with Crippen LogP contribution in [-0.2, 0) is 33.5 Å². The van der Waals surface area contributed by atoms with E-state index in [1.807, 2.05) is 0 Å². The van der Waals surface area contributed by atoms with Gasteiger partial charge >= 0.3 is 0 Å². The second-order valence-electron chi connectivity index (χ2n) is 11.8. The number of rotatable bonds is 11. The normalized spacial score (nSPS) is 13.4. The molecule has 0 aliphatic carbocycles. The van der Waals surface area contributed by atoms with Crippen molar-refractivity contribution in [3.05, 3.63) is 76.7 Å². The van der Waals surface area contributed by atoms with E-state index in [0.717, 1.165) is 18.2 Å². The van der Waals surface area contributed by atoms with E-state index in [9.17, 15) is 13.2 Å². The SMILES string of the molecule is CCC(=O)c1nn(COCC[Si](C)(C)C)c2c(F)c(-c3c(F)ccc(CS(=O)(=O)c4cccc5c4CCO5)c3F)ccc12. The molecule has 0 saturated carbocycles. The summed E-state index contributed by atoms with van der Waals surface area (Å²) < 4.78 is 86.6. The number of ketones is 1. The summed E-state index contributed by atoms with van der Waals surface area (Å²) in [4.78, 5) is 12.6. The summed E-state index contributed by atoms with van der Waals surface area (Å²) >= 11 is 0. The van der Waals surface area contributed by atoms with Crippen molar-refractivity contribution in [1.29, 1.82) is 0 Å². The van der Waals surface area contributed by atoms with Crippen molar-refractivity contribution < 1.29 is 35.9 Å². The highest BCUT2D eigenvalue weighted by molar-refractivity contribution is 7.90. The zero-order valence-electron chi connectivity index (χ0n) is 24.5. The minimum absolute atomic E-state index is 0.0199. The Hall–Kier alpha value is -3.48. The van der Waals surface area contributed by atoms with Crippen molar-refractivity contribution in [2.75, 3.05) is 13.2 Å². The Morgan fingerprint density at radius 2 is 1.84 bits per heavy atom. The maximum atomic E-state index is 16.3. The lowest BCUT2D eigenvalue weighted by Crippen LogP contribution is -2.22. The molecule has 5 rings (SSSR count). The third kappa shape index (κ3) is 6.13. The Morgan fingerprint density at radius 1 is 1.07 bits per heavy atom. The number of ether oxygens (including phenoxy) is 2. The van der Waals surface area contributed by atoms with Gasteiger partial charge in [0.2, 0.25) is 0 Å². The van der Waals surface area contributed by atoms with E-state index in [1.165, 1.54) is 22.9 Å². The van der Waals surface area contributed by atoms with Crippen molar-refractivity contribution in [3.8, 4) is 16.9 Å². The van der Waals surface area contributed by atoms with Gasteiger partial charge in [0, 0.05) is 49.6 Å². The molecule has 0 unspecified atom stereocenters. The number of fused-ring (bicyclic) bond motifs is 2. The van der Waals surface area contributed by atoms with Gasteiger partial charge in [-0.25, -0.2) is 26.3 Å². The molecule has 4 aromatic rings. The molecule has 0 radical (unpaired) electrons. The molecule has 3 aromatic carbocycles. The number of nitrogens with zero attached hydrogens (tertiary/aromatic N) is 2. The van der Waals surface area contributed by atoms with Crippen LogP contribution in [0.25, 0.3) is 22.0 Å². The second-order valence-corrected chi connectivity index (χ2v) is 19.4. The van der Waals surface area contributed by atoms with E-state index in [4.69, 9.17) is 9.47 Å². The Kier molecular flexibility index (Phi) is 8.56. The molecule has 0 bridgehead atoms. The predicted octanol–water partition coefficient (Wildman–Crippen LogP) is 6.93. The fourth-order valence-electron chi connectivity index (χ4n) is 5.14. The van der Waals surface area contributed by atoms with Crippen LogP contribution in [0.2, 0.25) is 25.7 Å². The van der Waals surface area contributed by atoms with Crippen LogP contribution in [0.3, 0.4) is 0 Å². The fourth-order valence-corrected chi connectivity index (χ4v) is 7.55. The van der Waals surface area contributed by atoms with E-state index in [1.54, 1.807) is 19.1 Å². The van der Waals surface area contributed by atoms with Crippen molar-refractivity contribution in [3.63, 3.8) is 0 Å². The van der Waals surface area contributed by atoms with Crippen LogP contribution in [0.1, 0.15) is 35.0 Å². The third-order valence-electron chi connectivity index (χ3n) is 7.47. The summed E-state index contributed by atoms with van der Waals surface area (Å²) in [5.74, 6) is -3.87. The van der Waals surface area contributed by atoms with E-state index in [0.29, 0.717) is 30.9 Å². The fraction of sp³-hybridized carbons (Fsp3) is 0.355. The lowest BCUT2D eigenvalue weighted by atomic mass is 9.99. The molecule has 1 aromatic heterocycles. The zero-order valence-corrected chi connectivity index (χ0v) is 26.3. The first kappa shape index (κ1) is 31.0. The van der Waals surface area contributed by atoms with Crippen molar-refractivity contribution in [2.24, 2.45) is 0 Å². The molecular weight excluding hydrogens is 597 g/mol. The van der Waals surface area contributed by atoms with Gasteiger partial charge in [0.25, 0.3) is 0 Å². The maximum Gasteiger partial charge on any atom is 0.183 e. The lowest BCUT2D eigenvalue weighted by molar-refractivity contribution is 0.0804. The molecule has 0 spiro atoms. The monoisotopic (exact) mass is 630 g/mol. The van der Waals surface area contributed by atoms with E-state index in [-0.39, 0.29) is 46.0 Å². The molecule has 0 fully saturated rings. The summed E-state index contributed by atoms with van der Waals surface area (Å²) in [5.41, 5.74) is -1.01. The molecule has 0 atom stereocenters. The van der Waals surface area contributed by atoms with Crippen LogP contribution in [0.15, 0.2) is 47.4 Å². The maximum absolute atomic E-state index is 16.3. The predicted molar refractivity (Wildman–Crippen MR) is 160 cm³/mol. The van der Waals surface area contributed by atoms with Gasteiger partial charge in [0.1, 0.15) is 35.3 Å². The van der Waals surface area contributed by atoms with Crippen LogP contribution in [-0.4, -0.2) is 45.3 Å². The summed E-state index contributed by atoms with van der Waals surface area (Å²) in [6.07, 6.45) is 0.521. The van der Waals surface area contributed by atoms with E-state index in [2.05, 4.69) is 24.7 Å². The van der Waals surface area contributed by atoms with Gasteiger partial charge in [-0.2, -0.15) is 5.10 Å². The number of sulfone groups is 1. The molecule has 1 aliphatic rings. The molecule has 1 aliphatic heterocycles. The molecule has 0 N–H and O–H groups in total. The molecule has 228 valence electrons. The molecule has 2 heterocycles. The lowest BCUT2D eigenvalue weighted by Gasteiger charge is -2.16. The van der Waals surface area contributed by atoms with Gasteiger partial charge in [-0.15, -0.1) is 0 Å². The number of hydrogen-bond acceptors (Lipinski definition) is 6. The number of benzene rings is 3. The molecule has 0 amide bonds. The first-order valence-corrected chi connectivity index (χ1v) is 19.4. The molecule has 7 nitrogen and oxygen atoms in total. The first-order chi connectivity index (χ1) is 20.3. The average molecular weight is 631 g/mol. The molecular formula is C31H33F3N2O5SSi.